The highest BCUT2D eigenvalue weighted by Gasteiger charge is 2.14. The van der Waals surface area contributed by atoms with Gasteiger partial charge in [0.25, 0.3) is 0 Å². The molecule has 0 saturated heterocycles. The third-order valence-electron chi connectivity index (χ3n) is 2.27. The number of aldehydes is 1. The third kappa shape index (κ3) is 7.91. The Hall–Kier alpha value is -1.12. The van der Waals surface area contributed by atoms with Crippen LogP contribution in [0.5, 0.6) is 0 Å². The minimum Gasteiger partial charge on any atom is -0.481 e. The molecule has 3 heteroatoms. The topological polar surface area (TPSA) is 54.4 Å². The van der Waals surface area contributed by atoms with Crippen molar-refractivity contribution in [3.8, 4) is 0 Å². The van der Waals surface area contributed by atoms with Crippen LogP contribution < -0.4 is 0 Å². The van der Waals surface area contributed by atoms with Gasteiger partial charge in [0.05, 0.1) is 0 Å². The van der Waals surface area contributed by atoms with Crippen molar-refractivity contribution in [2.45, 2.75) is 45.4 Å². The van der Waals surface area contributed by atoms with E-state index in [0.29, 0.717) is 12.7 Å². The SMILES string of the molecule is CC/C=C/CCCCCC(C=O)C(=O)O. The molecule has 15 heavy (non-hydrogen) atoms. The summed E-state index contributed by atoms with van der Waals surface area (Å²) < 4.78 is 0. The standard InChI is InChI=1S/C12H20O3/c1-2-3-4-5-6-7-8-9-11(10-13)12(14)15/h3-4,10-11H,2,5-9H2,1H3,(H,14,15)/b4-3+. The maximum atomic E-state index is 10.5. The van der Waals surface area contributed by atoms with Crippen LogP contribution in [-0.4, -0.2) is 17.4 Å². The lowest BCUT2D eigenvalue weighted by molar-refractivity contribution is -0.143. The van der Waals surface area contributed by atoms with E-state index in [9.17, 15) is 9.59 Å². The van der Waals surface area contributed by atoms with Gasteiger partial charge < -0.3 is 9.90 Å². The summed E-state index contributed by atoms with van der Waals surface area (Å²) in [6.45, 7) is 2.10. The van der Waals surface area contributed by atoms with Crippen molar-refractivity contribution in [3.63, 3.8) is 0 Å². The fraction of sp³-hybridized carbons (Fsp3) is 0.667. The molecule has 0 amide bonds. The van der Waals surface area contributed by atoms with Crippen LogP contribution in [-0.2, 0) is 9.59 Å². The fourth-order valence-electron chi connectivity index (χ4n) is 1.34. The van der Waals surface area contributed by atoms with Gasteiger partial charge >= 0.3 is 5.97 Å². The number of carboxylic acid groups (broad SMARTS) is 1. The molecule has 86 valence electrons. The number of carboxylic acids is 1. The predicted molar refractivity (Wildman–Crippen MR) is 59.7 cm³/mol. The van der Waals surface area contributed by atoms with Crippen LogP contribution >= 0.6 is 0 Å². The van der Waals surface area contributed by atoms with Crippen LogP contribution in [0.2, 0.25) is 0 Å². The van der Waals surface area contributed by atoms with Gasteiger partial charge in [0.1, 0.15) is 12.2 Å². The Labute approximate surface area is 91.2 Å². The zero-order valence-electron chi connectivity index (χ0n) is 9.32. The zero-order chi connectivity index (χ0) is 11.5. The molecule has 1 atom stereocenters. The Bertz CT molecular complexity index is 209. The molecule has 0 fully saturated rings. The fourth-order valence-corrected chi connectivity index (χ4v) is 1.34. The molecule has 0 heterocycles. The molecular formula is C12H20O3. The first-order valence-electron chi connectivity index (χ1n) is 5.55. The van der Waals surface area contributed by atoms with E-state index in [4.69, 9.17) is 5.11 Å². The summed E-state index contributed by atoms with van der Waals surface area (Å²) in [6.07, 6.45) is 10.3. The van der Waals surface area contributed by atoms with E-state index < -0.39 is 11.9 Å². The Balaban J connectivity index is 3.41. The van der Waals surface area contributed by atoms with Crippen LogP contribution in [0.15, 0.2) is 12.2 Å². The molecule has 0 aliphatic rings. The van der Waals surface area contributed by atoms with Crippen LogP contribution in [0, 0.1) is 5.92 Å². The summed E-state index contributed by atoms with van der Waals surface area (Å²) >= 11 is 0. The second-order valence-corrected chi connectivity index (χ2v) is 3.60. The van der Waals surface area contributed by atoms with Gasteiger partial charge in [-0.1, -0.05) is 31.9 Å². The smallest absolute Gasteiger partial charge is 0.313 e. The number of rotatable bonds is 9. The van der Waals surface area contributed by atoms with Crippen molar-refractivity contribution in [3.05, 3.63) is 12.2 Å². The number of aliphatic carboxylic acids is 1. The Kier molecular flexibility index (Phi) is 8.73. The molecular weight excluding hydrogens is 192 g/mol. The molecule has 0 radical (unpaired) electrons. The molecule has 0 aromatic rings. The van der Waals surface area contributed by atoms with E-state index in [-0.39, 0.29) is 0 Å². The minimum absolute atomic E-state index is 0.469. The van der Waals surface area contributed by atoms with Crippen LogP contribution in [0.4, 0.5) is 0 Å². The zero-order valence-corrected chi connectivity index (χ0v) is 9.32. The Morgan fingerprint density at radius 2 is 2.00 bits per heavy atom. The first kappa shape index (κ1) is 13.9. The van der Waals surface area contributed by atoms with E-state index in [1.54, 1.807) is 0 Å². The highest BCUT2D eigenvalue weighted by atomic mass is 16.4. The van der Waals surface area contributed by atoms with Gasteiger partial charge in [0.2, 0.25) is 0 Å². The lowest BCUT2D eigenvalue weighted by Crippen LogP contribution is -2.14. The number of unbranched alkanes of at least 4 members (excludes halogenated alkanes) is 3. The maximum Gasteiger partial charge on any atom is 0.313 e. The number of carbonyl (C=O) groups excluding carboxylic acids is 1. The Morgan fingerprint density at radius 3 is 2.53 bits per heavy atom. The predicted octanol–water partition coefficient (Wildman–Crippen LogP) is 2.80. The van der Waals surface area contributed by atoms with Gasteiger partial charge in [-0.25, -0.2) is 0 Å². The molecule has 0 aromatic carbocycles. The summed E-state index contributed by atoms with van der Waals surface area (Å²) in [5, 5.41) is 8.60. The highest BCUT2D eigenvalue weighted by Crippen LogP contribution is 2.09. The van der Waals surface area contributed by atoms with E-state index in [0.717, 1.165) is 32.1 Å². The molecule has 3 nitrogen and oxygen atoms in total. The van der Waals surface area contributed by atoms with Gasteiger partial charge in [0.15, 0.2) is 0 Å². The van der Waals surface area contributed by atoms with Gasteiger partial charge in [-0.2, -0.15) is 0 Å². The van der Waals surface area contributed by atoms with Crippen molar-refractivity contribution in [1.29, 1.82) is 0 Å². The summed E-state index contributed by atoms with van der Waals surface area (Å²) in [5.74, 6) is -1.81. The second-order valence-electron chi connectivity index (χ2n) is 3.60. The second kappa shape index (κ2) is 9.44. The van der Waals surface area contributed by atoms with Gasteiger partial charge in [0, 0.05) is 0 Å². The van der Waals surface area contributed by atoms with Gasteiger partial charge in [-0.15, -0.1) is 0 Å². The summed E-state index contributed by atoms with van der Waals surface area (Å²) in [4.78, 5) is 20.9. The van der Waals surface area contributed by atoms with Crippen LogP contribution in [0.1, 0.15) is 45.4 Å². The maximum absolute atomic E-state index is 10.5. The van der Waals surface area contributed by atoms with Gasteiger partial charge in [-0.05, 0) is 25.7 Å². The van der Waals surface area contributed by atoms with Crippen molar-refractivity contribution in [2.75, 3.05) is 0 Å². The van der Waals surface area contributed by atoms with E-state index in [1.807, 2.05) is 0 Å². The lowest BCUT2D eigenvalue weighted by Gasteiger charge is -2.03. The van der Waals surface area contributed by atoms with Crippen molar-refractivity contribution >= 4 is 12.3 Å². The number of hydrogen-bond acceptors (Lipinski definition) is 2. The largest absolute Gasteiger partial charge is 0.481 e. The number of allylic oxidation sites excluding steroid dienone is 2. The molecule has 1 N–H and O–H groups in total. The van der Waals surface area contributed by atoms with Crippen molar-refractivity contribution in [1.82, 2.24) is 0 Å². The highest BCUT2D eigenvalue weighted by molar-refractivity contribution is 5.86. The van der Waals surface area contributed by atoms with Gasteiger partial charge in [-0.3, -0.25) is 4.79 Å². The normalized spacial score (nSPS) is 12.9. The molecule has 0 bridgehead atoms. The molecule has 0 saturated carbocycles. The number of carbonyl (C=O) groups is 2. The Morgan fingerprint density at radius 1 is 1.27 bits per heavy atom. The molecule has 0 spiro atoms. The summed E-state index contributed by atoms with van der Waals surface area (Å²) in [5.41, 5.74) is 0. The monoisotopic (exact) mass is 212 g/mol. The van der Waals surface area contributed by atoms with E-state index >= 15 is 0 Å². The van der Waals surface area contributed by atoms with Crippen molar-refractivity contribution in [2.24, 2.45) is 5.92 Å². The lowest BCUT2D eigenvalue weighted by atomic mass is 10.0. The molecule has 0 aliphatic heterocycles. The van der Waals surface area contributed by atoms with Crippen LogP contribution in [0.3, 0.4) is 0 Å². The van der Waals surface area contributed by atoms with E-state index in [1.165, 1.54) is 0 Å². The van der Waals surface area contributed by atoms with E-state index in [2.05, 4.69) is 19.1 Å². The average Bonchev–Trinajstić information content (AvgIpc) is 2.21. The molecule has 1 unspecified atom stereocenters. The first-order valence-corrected chi connectivity index (χ1v) is 5.55. The minimum atomic E-state index is -1.00. The summed E-state index contributed by atoms with van der Waals surface area (Å²) in [6, 6.07) is 0. The van der Waals surface area contributed by atoms with Crippen molar-refractivity contribution < 1.29 is 14.7 Å². The molecule has 0 aliphatic carbocycles. The first-order chi connectivity index (χ1) is 7.22. The quantitative estimate of drug-likeness (QED) is 0.277. The van der Waals surface area contributed by atoms with Crippen LogP contribution in [0.25, 0.3) is 0 Å². The third-order valence-corrected chi connectivity index (χ3v) is 2.27. The number of hydrogen-bond donors (Lipinski definition) is 1. The summed E-state index contributed by atoms with van der Waals surface area (Å²) in [7, 11) is 0. The molecule has 0 rings (SSSR count). The molecule has 0 aromatic heterocycles. The average molecular weight is 212 g/mol.